The molecule has 0 aliphatic heterocycles. The molecule has 0 unspecified atom stereocenters. The maximum absolute atomic E-state index is 12.8. The molecule has 1 amide bonds. The zero-order valence-corrected chi connectivity index (χ0v) is 21.3. The summed E-state index contributed by atoms with van der Waals surface area (Å²) in [6.07, 6.45) is 1.39. The summed E-state index contributed by atoms with van der Waals surface area (Å²) < 4.78 is 11.0. The molecule has 1 N–H and O–H groups in total. The molecule has 4 aromatic carbocycles. The van der Waals surface area contributed by atoms with Crippen molar-refractivity contribution in [1.29, 1.82) is 0 Å². The summed E-state index contributed by atoms with van der Waals surface area (Å²) in [5.74, 6) is -0.654. The molecule has 36 heavy (non-hydrogen) atoms. The Kier molecular flexibility index (Phi) is 8.33. The predicted octanol–water partition coefficient (Wildman–Crippen LogP) is 7.20. The first-order valence-electron chi connectivity index (χ1n) is 10.4. The number of fused-ring (bicyclic) bond motifs is 1. The number of rotatable bonds is 7. The molecule has 0 heterocycles. The minimum Gasteiger partial charge on any atom is -0.482 e. The lowest BCUT2D eigenvalue weighted by Crippen LogP contribution is -2.24. The van der Waals surface area contributed by atoms with Gasteiger partial charge in [0.15, 0.2) is 6.61 Å². The van der Waals surface area contributed by atoms with Crippen LogP contribution in [0.25, 0.3) is 10.8 Å². The number of hydrogen-bond acceptors (Lipinski definition) is 5. The van der Waals surface area contributed by atoms with Crippen molar-refractivity contribution >= 4 is 75.3 Å². The summed E-state index contributed by atoms with van der Waals surface area (Å²) >= 11 is 24.0. The molecule has 0 aliphatic rings. The van der Waals surface area contributed by atoms with Gasteiger partial charge in [0.2, 0.25) is 0 Å². The van der Waals surface area contributed by atoms with Crippen molar-refractivity contribution in [3.05, 3.63) is 104 Å². The molecule has 0 radical (unpaired) electrons. The lowest BCUT2D eigenvalue weighted by molar-refractivity contribution is -0.123. The van der Waals surface area contributed by atoms with Gasteiger partial charge in [-0.1, -0.05) is 76.7 Å². The fourth-order valence-electron chi connectivity index (χ4n) is 3.24. The fraction of sp³-hybridized carbons (Fsp3) is 0.0385. The van der Waals surface area contributed by atoms with Crippen molar-refractivity contribution in [2.24, 2.45) is 5.10 Å². The van der Waals surface area contributed by atoms with Gasteiger partial charge in [-0.05, 0) is 53.2 Å². The van der Waals surface area contributed by atoms with E-state index in [-0.39, 0.29) is 28.0 Å². The first-order chi connectivity index (χ1) is 17.3. The van der Waals surface area contributed by atoms with Gasteiger partial charge in [-0.2, -0.15) is 5.10 Å². The largest absolute Gasteiger partial charge is 0.482 e. The molecule has 0 saturated carbocycles. The smallest absolute Gasteiger partial charge is 0.345 e. The number of ether oxygens (including phenoxy) is 2. The molecule has 0 saturated heterocycles. The quantitative estimate of drug-likeness (QED) is 0.112. The number of amides is 1. The SMILES string of the molecule is O=C(COc1ccc(Cl)cc1Cl)N/N=C/c1c(OC(=O)c2ccc(Cl)cc2Cl)ccc2ccccc12. The van der Waals surface area contributed by atoms with Gasteiger partial charge in [0.25, 0.3) is 5.91 Å². The van der Waals surface area contributed by atoms with Gasteiger partial charge in [0.1, 0.15) is 11.5 Å². The second-order valence-electron chi connectivity index (χ2n) is 7.37. The number of esters is 1. The van der Waals surface area contributed by atoms with E-state index in [0.717, 1.165) is 10.8 Å². The Morgan fingerprint density at radius 2 is 1.53 bits per heavy atom. The topological polar surface area (TPSA) is 77.0 Å². The van der Waals surface area contributed by atoms with E-state index in [1.165, 1.54) is 24.4 Å². The molecule has 4 rings (SSSR count). The monoisotopic (exact) mass is 560 g/mol. The van der Waals surface area contributed by atoms with Gasteiger partial charge in [0.05, 0.1) is 21.8 Å². The molecule has 0 aromatic heterocycles. The third-order valence-corrected chi connectivity index (χ3v) is 6.00. The van der Waals surface area contributed by atoms with Crippen LogP contribution >= 0.6 is 46.4 Å². The first kappa shape index (κ1) is 25.8. The predicted molar refractivity (Wildman–Crippen MR) is 143 cm³/mol. The number of halogens is 4. The Morgan fingerprint density at radius 1 is 0.833 bits per heavy atom. The Morgan fingerprint density at radius 3 is 2.28 bits per heavy atom. The number of hydrazone groups is 1. The fourth-order valence-corrected chi connectivity index (χ4v) is 4.19. The summed E-state index contributed by atoms with van der Waals surface area (Å²) in [6.45, 7) is -0.328. The van der Waals surface area contributed by atoms with Crippen LogP contribution in [-0.2, 0) is 4.79 Å². The summed E-state index contributed by atoms with van der Waals surface area (Å²) in [5.41, 5.74) is 3.02. The van der Waals surface area contributed by atoms with Crippen molar-refractivity contribution in [3.8, 4) is 11.5 Å². The van der Waals surface area contributed by atoms with Crippen LogP contribution < -0.4 is 14.9 Å². The Balaban J connectivity index is 1.52. The molecule has 0 aliphatic carbocycles. The molecule has 182 valence electrons. The minimum atomic E-state index is -0.668. The van der Waals surface area contributed by atoms with E-state index in [1.54, 1.807) is 30.3 Å². The normalized spacial score (nSPS) is 11.0. The first-order valence-corrected chi connectivity index (χ1v) is 11.9. The van der Waals surface area contributed by atoms with Crippen molar-refractivity contribution in [2.45, 2.75) is 0 Å². The van der Waals surface area contributed by atoms with Crippen molar-refractivity contribution in [2.75, 3.05) is 6.61 Å². The van der Waals surface area contributed by atoms with Crippen molar-refractivity contribution < 1.29 is 19.1 Å². The third-order valence-electron chi connectivity index (χ3n) is 4.92. The summed E-state index contributed by atoms with van der Waals surface area (Å²) in [5, 5.41) is 6.95. The van der Waals surface area contributed by atoms with Crippen LogP contribution in [0.3, 0.4) is 0 Å². The standard InChI is InChI=1S/C26H16Cl4N2O4/c27-16-6-8-19(21(29)11-16)26(34)36-23-9-5-15-3-1-2-4-18(15)20(23)13-31-32-25(33)14-35-24-10-7-17(28)12-22(24)30/h1-13H,14H2,(H,32,33)/b31-13+. The van der Waals surface area contributed by atoms with E-state index in [0.29, 0.717) is 21.4 Å². The summed E-state index contributed by atoms with van der Waals surface area (Å²) in [4.78, 5) is 25.0. The van der Waals surface area contributed by atoms with Gasteiger partial charge in [0, 0.05) is 15.6 Å². The Hall–Kier alpha value is -3.29. The maximum atomic E-state index is 12.8. The highest BCUT2D eigenvalue weighted by atomic mass is 35.5. The molecule has 10 heteroatoms. The van der Waals surface area contributed by atoms with Gasteiger partial charge < -0.3 is 9.47 Å². The molecule has 0 spiro atoms. The number of nitrogens with one attached hydrogen (secondary N) is 1. The van der Waals surface area contributed by atoms with E-state index in [9.17, 15) is 9.59 Å². The zero-order chi connectivity index (χ0) is 25.7. The van der Waals surface area contributed by atoms with Crippen LogP contribution in [-0.4, -0.2) is 24.7 Å². The van der Waals surface area contributed by atoms with E-state index in [1.807, 2.05) is 24.3 Å². The molecular weight excluding hydrogens is 546 g/mol. The molecule has 0 atom stereocenters. The Labute approximate surface area is 226 Å². The number of hydrogen-bond donors (Lipinski definition) is 1. The van der Waals surface area contributed by atoms with E-state index in [2.05, 4.69) is 10.5 Å². The third kappa shape index (κ3) is 6.28. The number of nitrogens with zero attached hydrogens (tertiary/aromatic N) is 1. The molecule has 0 bridgehead atoms. The molecule has 0 fully saturated rings. The van der Waals surface area contributed by atoms with Crippen LogP contribution in [0.5, 0.6) is 11.5 Å². The second-order valence-corrected chi connectivity index (χ2v) is 9.06. The highest BCUT2D eigenvalue weighted by molar-refractivity contribution is 6.36. The Bertz CT molecular complexity index is 1490. The van der Waals surface area contributed by atoms with Crippen molar-refractivity contribution in [1.82, 2.24) is 5.43 Å². The lowest BCUT2D eigenvalue weighted by Gasteiger charge is -2.11. The number of carbonyl (C=O) groups excluding carboxylic acids is 2. The van der Waals surface area contributed by atoms with Crippen LogP contribution in [0, 0.1) is 0 Å². The van der Waals surface area contributed by atoms with E-state index < -0.39 is 11.9 Å². The van der Waals surface area contributed by atoms with Gasteiger partial charge in [-0.3, -0.25) is 4.79 Å². The lowest BCUT2D eigenvalue weighted by atomic mass is 10.0. The van der Waals surface area contributed by atoms with E-state index in [4.69, 9.17) is 55.9 Å². The molecule has 6 nitrogen and oxygen atoms in total. The van der Waals surface area contributed by atoms with Gasteiger partial charge in [-0.25, -0.2) is 10.2 Å². The van der Waals surface area contributed by atoms with Gasteiger partial charge in [-0.15, -0.1) is 0 Å². The van der Waals surface area contributed by atoms with Crippen molar-refractivity contribution in [3.63, 3.8) is 0 Å². The summed E-state index contributed by atoms with van der Waals surface area (Å²) in [6, 6.07) is 20.0. The highest BCUT2D eigenvalue weighted by Gasteiger charge is 2.16. The average molecular weight is 562 g/mol. The zero-order valence-electron chi connectivity index (χ0n) is 18.3. The number of benzene rings is 4. The van der Waals surface area contributed by atoms with E-state index >= 15 is 0 Å². The van der Waals surface area contributed by atoms with Crippen LogP contribution in [0.15, 0.2) is 77.9 Å². The number of carbonyl (C=O) groups is 2. The molecular formula is C26H16Cl4N2O4. The van der Waals surface area contributed by atoms with Crippen LogP contribution in [0.1, 0.15) is 15.9 Å². The highest BCUT2D eigenvalue weighted by Crippen LogP contribution is 2.29. The average Bonchev–Trinajstić information content (AvgIpc) is 2.84. The second kappa shape index (κ2) is 11.6. The van der Waals surface area contributed by atoms with Crippen LogP contribution in [0.2, 0.25) is 20.1 Å². The molecule has 4 aromatic rings. The van der Waals surface area contributed by atoms with Crippen LogP contribution in [0.4, 0.5) is 0 Å². The van der Waals surface area contributed by atoms with Gasteiger partial charge >= 0.3 is 5.97 Å². The maximum Gasteiger partial charge on any atom is 0.345 e. The minimum absolute atomic E-state index is 0.156. The summed E-state index contributed by atoms with van der Waals surface area (Å²) in [7, 11) is 0.